The van der Waals surface area contributed by atoms with Crippen molar-refractivity contribution in [3.8, 4) is 28.2 Å². The highest BCUT2D eigenvalue weighted by Crippen LogP contribution is 2.43. The minimum absolute atomic E-state index is 0.0645. The standard InChI is InChI=1S/C29H21Cl2NO4/c30-22-13-20-26(15-24(22)33)36-27-16-25(34)23(31)14-21(27)28(20)18-8-10-19(11-9-18)29(35)32-12-4-7-17-5-2-1-3-6-17/h1-3,5-6,8-11,13-16,33H,4,7,12H2,(H,32,35). The Morgan fingerprint density at radius 2 is 1.67 bits per heavy atom. The Morgan fingerprint density at radius 1 is 0.917 bits per heavy atom. The number of aromatic hydroxyl groups is 1. The van der Waals surface area contributed by atoms with Crippen LogP contribution in [0.25, 0.3) is 33.4 Å². The summed E-state index contributed by atoms with van der Waals surface area (Å²) >= 11 is 12.3. The number of hydrogen-bond donors (Lipinski definition) is 2. The van der Waals surface area contributed by atoms with Crippen molar-refractivity contribution in [2.75, 3.05) is 6.54 Å². The van der Waals surface area contributed by atoms with Crippen molar-refractivity contribution in [3.05, 3.63) is 110 Å². The summed E-state index contributed by atoms with van der Waals surface area (Å²) in [6, 6.07) is 23.2. The van der Waals surface area contributed by atoms with Crippen LogP contribution in [0.5, 0.6) is 5.75 Å². The Hall–Kier alpha value is -3.80. The molecule has 36 heavy (non-hydrogen) atoms. The van der Waals surface area contributed by atoms with Gasteiger partial charge in [0.25, 0.3) is 5.91 Å². The van der Waals surface area contributed by atoms with E-state index in [1.165, 1.54) is 17.7 Å². The number of phenols is 1. The lowest BCUT2D eigenvalue weighted by Gasteiger charge is -2.16. The van der Waals surface area contributed by atoms with E-state index in [2.05, 4.69) is 17.4 Å². The van der Waals surface area contributed by atoms with E-state index in [4.69, 9.17) is 27.6 Å². The average Bonchev–Trinajstić information content (AvgIpc) is 2.88. The van der Waals surface area contributed by atoms with Gasteiger partial charge in [0, 0.05) is 40.8 Å². The van der Waals surface area contributed by atoms with Gasteiger partial charge in [-0.15, -0.1) is 0 Å². The summed E-state index contributed by atoms with van der Waals surface area (Å²) in [4.78, 5) is 24.8. The summed E-state index contributed by atoms with van der Waals surface area (Å²) in [6.45, 7) is 0.572. The molecule has 0 unspecified atom stereocenters. The minimum atomic E-state index is -0.365. The Bertz CT molecular complexity index is 1590. The molecule has 1 aliphatic heterocycles. The second-order valence-corrected chi connectivity index (χ2v) is 9.29. The first-order valence-corrected chi connectivity index (χ1v) is 12.2. The van der Waals surface area contributed by atoms with Crippen molar-refractivity contribution in [2.45, 2.75) is 12.8 Å². The Balaban J connectivity index is 1.44. The van der Waals surface area contributed by atoms with E-state index < -0.39 is 0 Å². The van der Waals surface area contributed by atoms with E-state index in [0.29, 0.717) is 34.4 Å². The van der Waals surface area contributed by atoms with Gasteiger partial charge in [-0.3, -0.25) is 9.59 Å². The van der Waals surface area contributed by atoms with Crippen LogP contribution < -0.4 is 10.7 Å². The van der Waals surface area contributed by atoms with Crippen LogP contribution in [0.1, 0.15) is 22.3 Å². The topological polar surface area (TPSA) is 79.5 Å². The number of phenolic OH excluding ortho intramolecular Hbond substituents is 1. The van der Waals surface area contributed by atoms with Crippen LogP contribution in [0.2, 0.25) is 10.0 Å². The van der Waals surface area contributed by atoms with Gasteiger partial charge < -0.3 is 14.8 Å². The summed E-state index contributed by atoms with van der Waals surface area (Å²) < 4.78 is 5.89. The number of carbonyl (C=O) groups is 1. The van der Waals surface area contributed by atoms with Crippen molar-refractivity contribution in [3.63, 3.8) is 0 Å². The number of hydrogen-bond acceptors (Lipinski definition) is 4. The number of rotatable bonds is 6. The number of carbonyl (C=O) groups excluding carboxylic acids is 1. The summed E-state index contributed by atoms with van der Waals surface area (Å²) in [5, 5.41) is 13.9. The number of halogens is 2. The van der Waals surface area contributed by atoms with Gasteiger partial charge in [0.05, 0.1) is 10.0 Å². The van der Waals surface area contributed by atoms with Crippen molar-refractivity contribution >= 4 is 40.1 Å². The zero-order chi connectivity index (χ0) is 25.2. The molecule has 7 heteroatoms. The minimum Gasteiger partial charge on any atom is -0.506 e. The molecule has 1 aliphatic carbocycles. The van der Waals surface area contributed by atoms with Crippen LogP contribution >= 0.6 is 23.2 Å². The first kappa shape index (κ1) is 23.9. The summed E-state index contributed by atoms with van der Waals surface area (Å²) in [7, 11) is 0. The number of fused-ring (bicyclic) bond motifs is 2. The molecule has 5 rings (SSSR count). The van der Waals surface area contributed by atoms with Crippen molar-refractivity contribution in [1.82, 2.24) is 5.32 Å². The average molecular weight is 518 g/mol. The van der Waals surface area contributed by atoms with Crippen LogP contribution in [0.4, 0.5) is 0 Å². The molecule has 5 nitrogen and oxygen atoms in total. The molecule has 1 heterocycles. The largest absolute Gasteiger partial charge is 0.506 e. The van der Waals surface area contributed by atoms with Gasteiger partial charge >= 0.3 is 0 Å². The molecule has 3 aromatic carbocycles. The molecule has 0 spiro atoms. The smallest absolute Gasteiger partial charge is 0.251 e. The normalized spacial score (nSPS) is 11.2. The zero-order valence-electron chi connectivity index (χ0n) is 19.1. The third kappa shape index (κ3) is 4.81. The first-order chi connectivity index (χ1) is 17.4. The highest BCUT2D eigenvalue weighted by Gasteiger charge is 2.20. The van der Waals surface area contributed by atoms with Crippen LogP contribution in [0, 0.1) is 0 Å². The molecule has 0 atom stereocenters. The van der Waals surface area contributed by atoms with E-state index in [9.17, 15) is 14.7 Å². The third-order valence-corrected chi connectivity index (χ3v) is 6.65. The predicted molar refractivity (Wildman–Crippen MR) is 143 cm³/mol. The summed E-state index contributed by atoms with van der Waals surface area (Å²) in [6.07, 6.45) is 1.74. The highest BCUT2D eigenvalue weighted by molar-refractivity contribution is 6.33. The predicted octanol–water partition coefficient (Wildman–Crippen LogP) is 6.94. The molecule has 180 valence electrons. The maximum absolute atomic E-state index is 12.7. The molecule has 1 amide bonds. The second kappa shape index (κ2) is 10.1. The quantitative estimate of drug-likeness (QED) is 0.189. The highest BCUT2D eigenvalue weighted by atomic mass is 35.5. The number of benzene rings is 4. The van der Waals surface area contributed by atoms with Gasteiger partial charge in [-0.1, -0.05) is 65.7 Å². The number of nitrogens with one attached hydrogen (secondary N) is 1. The molecule has 0 saturated carbocycles. The maximum Gasteiger partial charge on any atom is 0.251 e. The van der Waals surface area contributed by atoms with E-state index in [1.54, 1.807) is 24.3 Å². The van der Waals surface area contributed by atoms with Gasteiger partial charge in [0.2, 0.25) is 5.43 Å². The fraction of sp³-hybridized carbons (Fsp3) is 0.103. The fourth-order valence-corrected chi connectivity index (χ4v) is 4.57. The van der Waals surface area contributed by atoms with Gasteiger partial charge in [0.1, 0.15) is 17.1 Å². The first-order valence-electron chi connectivity index (χ1n) is 11.4. The monoisotopic (exact) mass is 517 g/mol. The van der Waals surface area contributed by atoms with Crippen LogP contribution in [0.3, 0.4) is 0 Å². The van der Waals surface area contributed by atoms with Crippen LogP contribution in [0.15, 0.2) is 88.1 Å². The van der Waals surface area contributed by atoms with Gasteiger partial charge in [-0.05, 0) is 48.2 Å². The van der Waals surface area contributed by atoms with E-state index in [-0.39, 0.29) is 27.1 Å². The third-order valence-electron chi connectivity index (χ3n) is 6.05. The summed E-state index contributed by atoms with van der Waals surface area (Å²) in [5.74, 6) is 0.0436. The molecular formula is C29H21Cl2NO4. The Morgan fingerprint density at radius 3 is 2.42 bits per heavy atom. The van der Waals surface area contributed by atoms with Crippen molar-refractivity contribution in [1.29, 1.82) is 0 Å². The van der Waals surface area contributed by atoms with Gasteiger partial charge in [-0.25, -0.2) is 0 Å². The molecule has 3 aromatic rings. The lowest BCUT2D eigenvalue weighted by atomic mass is 9.93. The molecule has 2 aliphatic rings. The molecule has 0 bridgehead atoms. The summed E-state index contributed by atoms with van der Waals surface area (Å²) in [5.41, 5.74) is 3.89. The van der Waals surface area contributed by atoms with Crippen LogP contribution in [-0.2, 0) is 6.42 Å². The maximum atomic E-state index is 12.7. The Labute approximate surface area is 217 Å². The number of aryl methyl sites for hydroxylation is 1. The Kier molecular flexibility index (Phi) is 6.68. The van der Waals surface area contributed by atoms with Crippen molar-refractivity contribution < 1.29 is 14.3 Å². The molecule has 0 radical (unpaired) electrons. The molecular weight excluding hydrogens is 497 g/mol. The fourth-order valence-electron chi connectivity index (χ4n) is 4.24. The lowest BCUT2D eigenvalue weighted by Crippen LogP contribution is -2.24. The van der Waals surface area contributed by atoms with Crippen molar-refractivity contribution in [2.24, 2.45) is 0 Å². The molecule has 0 saturated heterocycles. The SMILES string of the molecule is O=C(NCCCc1ccccc1)c1ccc(-c2c3cc(Cl)c(=O)cc-3oc3cc(O)c(Cl)cc23)cc1. The lowest BCUT2D eigenvalue weighted by molar-refractivity contribution is 0.0953. The van der Waals surface area contributed by atoms with Crippen LogP contribution in [-0.4, -0.2) is 17.6 Å². The molecule has 0 fully saturated rings. The molecule has 2 N–H and O–H groups in total. The second-order valence-electron chi connectivity index (χ2n) is 8.48. The molecule has 0 aromatic heterocycles. The van der Waals surface area contributed by atoms with E-state index >= 15 is 0 Å². The number of amides is 1. The van der Waals surface area contributed by atoms with Gasteiger partial charge in [0.15, 0.2) is 0 Å². The van der Waals surface area contributed by atoms with Gasteiger partial charge in [-0.2, -0.15) is 0 Å². The van der Waals surface area contributed by atoms with E-state index in [0.717, 1.165) is 24.0 Å². The van der Waals surface area contributed by atoms with E-state index in [1.807, 2.05) is 30.3 Å². The zero-order valence-corrected chi connectivity index (χ0v) is 20.6.